The molecule has 0 fully saturated rings. The van der Waals surface area contributed by atoms with Crippen LogP contribution in [0.15, 0.2) is 12.1 Å². The van der Waals surface area contributed by atoms with Crippen LogP contribution >= 0.6 is 0 Å². The van der Waals surface area contributed by atoms with Gasteiger partial charge in [-0.15, -0.1) is 0 Å². The Labute approximate surface area is 192 Å². The third-order valence-electron chi connectivity index (χ3n) is 6.24. The van der Waals surface area contributed by atoms with Crippen molar-refractivity contribution in [1.29, 1.82) is 0 Å². The Kier molecular flexibility index (Phi) is 17.2. The first-order valence-corrected chi connectivity index (χ1v) is 13.4. The van der Waals surface area contributed by atoms with Crippen LogP contribution in [0.25, 0.3) is 0 Å². The number of unbranched alkanes of at least 4 members (excludes halogenated alkanes) is 16. The summed E-state index contributed by atoms with van der Waals surface area (Å²) in [6.07, 6.45) is 24.1. The summed E-state index contributed by atoms with van der Waals surface area (Å²) in [6.45, 7) is 5.12. The van der Waals surface area contributed by atoms with Gasteiger partial charge in [0.1, 0.15) is 0 Å². The van der Waals surface area contributed by atoms with Gasteiger partial charge in [0, 0.05) is 0 Å². The Morgan fingerprint density at radius 3 is 1.55 bits per heavy atom. The first kappa shape index (κ1) is 27.7. The van der Waals surface area contributed by atoms with Crippen LogP contribution in [0.2, 0.25) is 0 Å². The number of phenols is 2. The van der Waals surface area contributed by atoms with Crippen molar-refractivity contribution in [1.82, 2.24) is 0 Å². The molecule has 0 radical (unpaired) electrons. The summed E-state index contributed by atoms with van der Waals surface area (Å²) >= 11 is 0. The van der Waals surface area contributed by atoms with Gasteiger partial charge in [-0.3, -0.25) is 0 Å². The molecule has 180 valence electrons. The highest BCUT2D eigenvalue weighted by molar-refractivity contribution is 5.54. The quantitative estimate of drug-likeness (QED) is 0.150. The van der Waals surface area contributed by atoms with Crippen LogP contribution in [-0.2, 0) is 6.42 Å². The molecular weight excluding hydrogens is 384 g/mol. The van der Waals surface area contributed by atoms with Gasteiger partial charge in [0.15, 0.2) is 11.5 Å². The number of aromatic hydroxyl groups is 2. The Hall–Kier alpha value is -1.38. The van der Waals surface area contributed by atoms with Gasteiger partial charge < -0.3 is 14.9 Å². The lowest BCUT2D eigenvalue weighted by Crippen LogP contribution is -2.01. The highest BCUT2D eigenvalue weighted by Gasteiger charge is 2.13. The summed E-state index contributed by atoms with van der Waals surface area (Å²) in [5.41, 5.74) is 1.02. The molecule has 0 atom stereocenters. The van der Waals surface area contributed by atoms with Gasteiger partial charge in [0.25, 0.3) is 0 Å². The molecule has 0 saturated carbocycles. The minimum Gasteiger partial charge on any atom is -0.504 e. The van der Waals surface area contributed by atoms with Crippen LogP contribution in [0.5, 0.6) is 17.2 Å². The molecule has 2 N–H and O–H groups in total. The van der Waals surface area contributed by atoms with Crippen molar-refractivity contribution in [3.63, 3.8) is 0 Å². The van der Waals surface area contributed by atoms with Crippen molar-refractivity contribution in [2.75, 3.05) is 6.61 Å². The van der Waals surface area contributed by atoms with Crippen molar-refractivity contribution in [2.45, 2.75) is 136 Å². The maximum atomic E-state index is 10.3. The third kappa shape index (κ3) is 13.6. The van der Waals surface area contributed by atoms with Gasteiger partial charge in [-0.1, -0.05) is 123 Å². The molecule has 31 heavy (non-hydrogen) atoms. The number of ether oxygens (including phenoxy) is 1. The standard InChI is InChI=1S/C28H50O3/c1-3-5-7-9-11-12-13-14-16-18-20-24-31-28-25(22-23-26(29)27(28)30)21-19-17-15-10-8-6-4-2/h22-23,29-30H,3-21,24H2,1-2H3. The van der Waals surface area contributed by atoms with Gasteiger partial charge in [-0.25, -0.2) is 0 Å². The Bertz CT molecular complexity index is 541. The average molecular weight is 435 g/mol. The van der Waals surface area contributed by atoms with Gasteiger partial charge >= 0.3 is 0 Å². The molecule has 0 unspecified atom stereocenters. The van der Waals surface area contributed by atoms with Crippen molar-refractivity contribution >= 4 is 0 Å². The molecular formula is C28H50O3. The van der Waals surface area contributed by atoms with E-state index in [-0.39, 0.29) is 11.5 Å². The summed E-state index contributed by atoms with van der Waals surface area (Å²) in [5.74, 6) is 0.318. The minimum atomic E-state index is -0.0940. The maximum Gasteiger partial charge on any atom is 0.200 e. The van der Waals surface area contributed by atoms with Crippen LogP contribution in [0.1, 0.15) is 135 Å². The fourth-order valence-corrected chi connectivity index (χ4v) is 4.17. The normalized spacial score (nSPS) is 11.2. The molecule has 3 heteroatoms. The largest absolute Gasteiger partial charge is 0.504 e. The van der Waals surface area contributed by atoms with E-state index in [1.54, 1.807) is 6.07 Å². The lowest BCUT2D eigenvalue weighted by Gasteiger charge is -2.14. The lowest BCUT2D eigenvalue weighted by molar-refractivity contribution is 0.280. The lowest BCUT2D eigenvalue weighted by atomic mass is 10.0. The molecule has 1 rings (SSSR count). The SMILES string of the molecule is CCCCCCCCCCCCCOc1c(CCCCCCCCC)ccc(O)c1O. The topological polar surface area (TPSA) is 49.7 Å². The molecule has 0 heterocycles. The smallest absolute Gasteiger partial charge is 0.200 e. The van der Waals surface area contributed by atoms with E-state index in [1.807, 2.05) is 6.07 Å². The predicted molar refractivity (Wildman–Crippen MR) is 133 cm³/mol. The van der Waals surface area contributed by atoms with Crippen LogP contribution in [0, 0.1) is 0 Å². The molecule has 0 aliphatic heterocycles. The predicted octanol–water partition coefficient (Wildman–Crippen LogP) is 9.08. The van der Waals surface area contributed by atoms with Gasteiger partial charge in [0.2, 0.25) is 5.75 Å². The Morgan fingerprint density at radius 1 is 0.581 bits per heavy atom. The number of benzene rings is 1. The second-order valence-corrected chi connectivity index (χ2v) is 9.18. The van der Waals surface area contributed by atoms with Gasteiger partial charge in [-0.05, 0) is 30.9 Å². The summed E-state index contributed by atoms with van der Waals surface area (Å²) in [6, 6.07) is 3.49. The van der Waals surface area contributed by atoms with E-state index in [2.05, 4.69) is 13.8 Å². The zero-order valence-electron chi connectivity index (χ0n) is 20.6. The summed E-state index contributed by atoms with van der Waals surface area (Å²) in [4.78, 5) is 0. The van der Waals surface area contributed by atoms with Crippen molar-refractivity contribution in [3.05, 3.63) is 17.7 Å². The minimum absolute atomic E-state index is 0.0859. The molecule has 0 amide bonds. The zero-order valence-corrected chi connectivity index (χ0v) is 20.6. The van der Waals surface area contributed by atoms with E-state index in [9.17, 15) is 10.2 Å². The van der Waals surface area contributed by atoms with Crippen molar-refractivity contribution < 1.29 is 14.9 Å². The highest BCUT2D eigenvalue weighted by Crippen LogP contribution is 2.39. The fourth-order valence-electron chi connectivity index (χ4n) is 4.17. The maximum absolute atomic E-state index is 10.3. The average Bonchev–Trinajstić information content (AvgIpc) is 2.77. The van der Waals surface area contributed by atoms with Crippen molar-refractivity contribution in [3.8, 4) is 17.2 Å². The molecule has 0 aliphatic carbocycles. The van der Waals surface area contributed by atoms with Crippen molar-refractivity contribution in [2.24, 2.45) is 0 Å². The van der Waals surface area contributed by atoms with Crippen LogP contribution in [0.3, 0.4) is 0 Å². The molecule has 0 saturated heterocycles. The zero-order chi connectivity index (χ0) is 22.6. The van der Waals surface area contributed by atoms with E-state index < -0.39 is 0 Å². The highest BCUT2D eigenvalue weighted by atomic mass is 16.5. The first-order valence-electron chi connectivity index (χ1n) is 13.4. The summed E-state index contributed by atoms with van der Waals surface area (Å²) in [7, 11) is 0. The van der Waals surface area contributed by atoms with Crippen LogP contribution in [-0.4, -0.2) is 16.8 Å². The molecule has 0 spiro atoms. The molecule has 0 bridgehead atoms. The number of aryl methyl sites for hydroxylation is 1. The molecule has 0 aliphatic rings. The second-order valence-electron chi connectivity index (χ2n) is 9.18. The summed E-state index contributed by atoms with van der Waals surface area (Å²) in [5, 5.41) is 20.2. The van der Waals surface area contributed by atoms with E-state index in [0.29, 0.717) is 12.4 Å². The fraction of sp³-hybridized carbons (Fsp3) is 0.786. The molecule has 1 aromatic carbocycles. The van der Waals surface area contributed by atoms with Gasteiger partial charge in [-0.2, -0.15) is 0 Å². The third-order valence-corrected chi connectivity index (χ3v) is 6.24. The Balaban J connectivity index is 2.19. The van der Waals surface area contributed by atoms with Crippen LogP contribution in [0.4, 0.5) is 0 Å². The summed E-state index contributed by atoms with van der Waals surface area (Å²) < 4.78 is 5.93. The first-order chi connectivity index (χ1) is 15.2. The van der Waals surface area contributed by atoms with E-state index in [1.165, 1.54) is 103 Å². The second kappa shape index (κ2) is 19.3. The van der Waals surface area contributed by atoms with E-state index in [4.69, 9.17) is 4.74 Å². The Morgan fingerprint density at radius 2 is 1.03 bits per heavy atom. The number of rotatable bonds is 21. The van der Waals surface area contributed by atoms with Crippen LogP contribution < -0.4 is 4.74 Å². The van der Waals surface area contributed by atoms with E-state index >= 15 is 0 Å². The monoisotopic (exact) mass is 434 g/mol. The molecule has 3 nitrogen and oxygen atoms in total. The number of hydrogen-bond acceptors (Lipinski definition) is 3. The van der Waals surface area contributed by atoms with E-state index in [0.717, 1.165) is 24.8 Å². The molecule has 0 aromatic heterocycles. The van der Waals surface area contributed by atoms with Gasteiger partial charge in [0.05, 0.1) is 6.61 Å². The molecule has 1 aromatic rings. The number of hydrogen-bond donors (Lipinski definition) is 2. The number of phenolic OH excluding ortho intramolecular Hbond substituents is 2.